The molecule has 1 amide bonds. The number of hydrogen-bond donors (Lipinski definition) is 1. The largest absolute Gasteiger partial charge is 0.356 e. The van der Waals surface area contributed by atoms with E-state index in [1.54, 1.807) is 0 Å². The first-order valence-corrected chi connectivity index (χ1v) is 8.50. The Morgan fingerprint density at radius 1 is 1.29 bits per heavy atom. The highest BCUT2D eigenvalue weighted by atomic mass is 16.2. The molecule has 2 aliphatic carbocycles. The molecule has 2 atom stereocenters. The van der Waals surface area contributed by atoms with Crippen molar-refractivity contribution in [2.75, 3.05) is 6.54 Å². The van der Waals surface area contributed by atoms with Crippen LogP contribution in [0.25, 0.3) is 0 Å². The van der Waals surface area contributed by atoms with Gasteiger partial charge in [-0.3, -0.25) is 9.48 Å². The van der Waals surface area contributed by atoms with Gasteiger partial charge in [0.25, 0.3) is 0 Å². The lowest BCUT2D eigenvalue weighted by molar-refractivity contribution is -0.122. The summed E-state index contributed by atoms with van der Waals surface area (Å²) in [7, 11) is 1.93. The number of amides is 1. The van der Waals surface area contributed by atoms with Crippen LogP contribution in [0, 0.1) is 11.8 Å². The van der Waals surface area contributed by atoms with E-state index in [9.17, 15) is 4.79 Å². The molecule has 0 aromatic carbocycles. The molecule has 4 heteroatoms. The van der Waals surface area contributed by atoms with E-state index in [0.29, 0.717) is 11.8 Å². The van der Waals surface area contributed by atoms with Crippen LogP contribution in [-0.2, 0) is 11.8 Å². The molecule has 116 valence electrons. The first-order chi connectivity index (χ1) is 10.2. The zero-order valence-corrected chi connectivity index (χ0v) is 13.1. The van der Waals surface area contributed by atoms with Crippen LogP contribution in [0.5, 0.6) is 0 Å². The second-order valence-corrected chi connectivity index (χ2v) is 6.85. The highest BCUT2D eigenvalue weighted by molar-refractivity contribution is 5.82. The summed E-state index contributed by atoms with van der Waals surface area (Å²) < 4.78 is 1.82. The van der Waals surface area contributed by atoms with Crippen molar-refractivity contribution in [3.8, 4) is 0 Å². The maximum Gasteiger partial charge on any atom is 0.223 e. The average molecular weight is 289 g/mol. The van der Waals surface area contributed by atoms with E-state index in [0.717, 1.165) is 13.0 Å². The zero-order valence-electron chi connectivity index (χ0n) is 13.1. The molecule has 0 bridgehead atoms. The van der Waals surface area contributed by atoms with Crippen molar-refractivity contribution in [3.05, 3.63) is 18.0 Å². The standard InChI is InChI=1S/C17H27N3O/c1-20-12-14(11-19-20)15-9-16(15)17(21)18-10-13-7-5-3-2-4-6-8-13/h11-13,15-16H,2-10H2,1H3,(H,18,21)/t15-,16+/m1/s1. The normalized spacial score (nSPS) is 26.9. The molecule has 1 N–H and O–H groups in total. The van der Waals surface area contributed by atoms with Crippen LogP contribution in [0.1, 0.15) is 62.8 Å². The molecule has 1 aromatic rings. The first-order valence-electron chi connectivity index (χ1n) is 8.50. The smallest absolute Gasteiger partial charge is 0.223 e. The van der Waals surface area contributed by atoms with Crippen molar-refractivity contribution < 1.29 is 4.79 Å². The summed E-state index contributed by atoms with van der Waals surface area (Å²) in [5.41, 5.74) is 1.21. The van der Waals surface area contributed by atoms with Gasteiger partial charge >= 0.3 is 0 Å². The van der Waals surface area contributed by atoms with Crippen LogP contribution in [0.4, 0.5) is 0 Å². The number of aryl methyl sites for hydroxylation is 1. The van der Waals surface area contributed by atoms with Crippen LogP contribution in [-0.4, -0.2) is 22.2 Å². The van der Waals surface area contributed by atoms with Crippen LogP contribution in [0.3, 0.4) is 0 Å². The van der Waals surface area contributed by atoms with Crippen molar-refractivity contribution in [1.29, 1.82) is 0 Å². The molecule has 0 saturated heterocycles. The Balaban J connectivity index is 1.42. The van der Waals surface area contributed by atoms with Gasteiger partial charge < -0.3 is 5.32 Å². The molecule has 0 radical (unpaired) electrons. The molecule has 3 rings (SSSR count). The Morgan fingerprint density at radius 3 is 2.67 bits per heavy atom. The fraction of sp³-hybridized carbons (Fsp3) is 0.765. The van der Waals surface area contributed by atoms with E-state index < -0.39 is 0 Å². The van der Waals surface area contributed by atoms with Gasteiger partial charge in [-0.2, -0.15) is 5.10 Å². The number of rotatable bonds is 4. The van der Waals surface area contributed by atoms with Crippen LogP contribution in [0.15, 0.2) is 12.4 Å². The van der Waals surface area contributed by atoms with Gasteiger partial charge in [0, 0.05) is 25.7 Å². The summed E-state index contributed by atoms with van der Waals surface area (Å²) in [5, 5.41) is 7.40. The summed E-state index contributed by atoms with van der Waals surface area (Å²) in [4.78, 5) is 12.3. The number of nitrogens with zero attached hydrogens (tertiary/aromatic N) is 2. The van der Waals surface area contributed by atoms with E-state index in [4.69, 9.17) is 0 Å². The molecule has 2 fully saturated rings. The third-order valence-electron chi connectivity index (χ3n) is 5.07. The summed E-state index contributed by atoms with van der Waals surface area (Å²) >= 11 is 0. The molecular weight excluding hydrogens is 262 g/mol. The lowest BCUT2D eigenvalue weighted by Crippen LogP contribution is -2.31. The van der Waals surface area contributed by atoms with E-state index >= 15 is 0 Å². The first kappa shape index (κ1) is 14.6. The predicted octanol–water partition coefficient (Wildman–Crippen LogP) is 3.00. The van der Waals surface area contributed by atoms with E-state index in [1.165, 1.54) is 50.5 Å². The average Bonchev–Trinajstić information content (AvgIpc) is 3.13. The Labute approximate surface area is 127 Å². The topological polar surface area (TPSA) is 46.9 Å². The fourth-order valence-corrected chi connectivity index (χ4v) is 3.61. The minimum atomic E-state index is 0.183. The number of hydrogen-bond acceptors (Lipinski definition) is 2. The third kappa shape index (κ3) is 3.86. The van der Waals surface area contributed by atoms with Crippen LogP contribution >= 0.6 is 0 Å². The number of aromatic nitrogens is 2. The van der Waals surface area contributed by atoms with Gasteiger partial charge in [-0.1, -0.05) is 32.1 Å². The SMILES string of the molecule is Cn1cc([C@H]2C[C@@H]2C(=O)NCC2CCCCCCC2)cn1. The van der Waals surface area contributed by atoms with E-state index in [-0.39, 0.29) is 11.8 Å². The zero-order chi connectivity index (χ0) is 14.7. The molecule has 0 aliphatic heterocycles. The molecule has 2 aliphatic rings. The summed E-state index contributed by atoms with van der Waals surface area (Å²) in [6.07, 6.45) is 14.3. The minimum Gasteiger partial charge on any atom is -0.356 e. The monoisotopic (exact) mass is 289 g/mol. The van der Waals surface area contributed by atoms with Gasteiger partial charge in [0.2, 0.25) is 5.91 Å². The second-order valence-electron chi connectivity index (χ2n) is 6.85. The van der Waals surface area contributed by atoms with Gasteiger partial charge in [-0.25, -0.2) is 0 Å². The predicted molar refractivity (Wildman–Crippen MR) is 82.9 cm³/mol. The Kier molecular flexibility index (Phi) is 4.61. The molecule has 21 heavy (non-hydrogen) atoms. The van der Waals surface area contributed by atoms with Gasteiger partial charge in [0.15, 0.2) is 0 Å². The lowest BCUT2D eigenvalue weighted by Gasteiger charge is -2.20. The number of nitrogens with one attached hydrogen (secondary N) is 1. The molecular formula is C17H27N3O. The second kappa shape index (κ2) is 6.63. The molecule has 1 heterocycles. The quantitative estimate of drug-likeness (QED) is 0.926. The number of carbonyl (C=O) groups is 1. The molecule has 4 nitrogen and oxygen atoms in total. The molecule has 2 saturated carbocycles. The maximum absolute atomic E-state index is 12.3. The lowest BCUT2D eigenvalue weighted by atomic mass is 9.91. The van der Waals surface area contributed by atoms with Gasteiger partial charge in [-0.05, 0) is 36.7 Å². The van der Waals surface area contributed by atoms with Crippen LogP contribution in [0.2, 0.25) is 0 Å². The highest BCUT2D eigenvalue weighted by Gasteiger charge is 2.44. The van der Waals surface area contributed by atoms with Crippen molar-refractivity contribution in [2.24, 2.45) is 18.9 Å². The highest BCUT2D eigenvalue weighted by Crippen LogP contribution is 2.47. The Bertz CT molecular complexity index is 474. The van der Waals surface area contributed by atoms with Crippen molar-refractivity contribution >= 4 is 5.91 Å². The van der Waals surface area contributed by atoms with Crippen molar-refractivity contribution in [2.45, 2.75) is 57.3 Å². The Hall–Kier alpha value is -1.32. The number of carbonyl (C=O) groups excluding carboxylic acids is 1. The maximum atomic E-state index is 12.3. The van der Waals surface area contributed by atoms with Gasteiger partial charge in [0.05, 0.1) is 6.20 Å². The van der Waals surface area contributed by atoms with Crippen molar-refractivity contribution in [3.63, 3.8) is 0 Å². The third-order valence-corrected chi connectivity index (χ3v) is 5.07. The fourth-order valence-electron chi connectivity index (χ4n) is 3.61. The van der Waals surface area contributed by atoms with Crippen LogP contribution < -0.4 is 5.32 Å². The van der Waals surface area contributed by atoms with E-state index in [2.05, 4.69) is 10.4 Å². The molecule has 0 unspecified atom stereocenters. The van der Waals surface area contributed by atoms with Gasteiger partial charge in [0.1, 0.15) is 0 Å². The summed E-state index contributed by atoms with van der Waals surface area (Å²) in [6.45, 7) is 0.884. The minimum absolute atomic E-state index is 0.183. The molecule has 0 spiro atoms. The summed E-state index contributed by atoms with van der Waals surface area (Å²) in [6, 6.07) is 0. The molecule has 1 aromatic heterocycles. The summed E-state index contributed by atoms with van der Waals surface area (Å²) in [5.74, 6) is 1.54. The van der Waals surface area contributed by atoms with Gasteiger partial charge in [-0.15, -0.1) is 0 Å². The van der Waals surface area contributed by atoms with Crippen molar-refractivity contribution in [1.82, 2.24) is 15.1 Å². The van der Waals surface area contributed by atoms with E-state index in [1.807, 2.05) is 24.1 Å². The Morgan fingerprint density at radius 2 is 2.00 bits per heavy atom.